The van der Waals surface area contributed by atoms with Gasteiger partial charge in [-0.25, -0.2) is 0 Å². The molecule has 0 saturated carbocycles. The maximum atomic E-state index is 12.6. The summed E-state index contributed by atoms with van der Waals surface area (Å²) in [5, 5.41) is 3.63. The fraction of sp³-hybridized carbons (Fsp3) is 0.429. The molecule has 1 fully saturated rings. The standard InChI is InChI=1S/C14H16F3N3O4S/c1-9-7-12(18-24-2)13(21)20(9)8-10-5-3-4-6-11(10)19-25(22,23)14(15,16)17/h3-6,9,19H,7-8H2,1-2H3/b18-12+. The summed E-state index contributed by atoms with van der Waals surface area (Å²) in [7, 11) is -4.25. The Balaban J connectivity index is 2.28. The molecule has 1 aromatic rings. The number of amides is 1. The third kappa shape index (κ3) is 4.03. The SMILES string of the molecule is CO/N=C1\CC(C)N(Cc2ccccc2NS(=O)(=O)C(F)(F)F)C1=O. The quantitative estimate of drug-likeness (QED) is 0.794. The van der Waals surface area contributed by atoms with Gasteiger partial charge in [-0.15, -0.1) is 0 Å². The molecule has 1 atom stereocenters. The lowest BCUT2D eigenvalue weighted by atomic mass is 10.1. The Morgan fingerprint density at radius 3 is 2.60 bits per heavy atom. The normalized spacial score (nSPS) is 20.2. The van der Waals surface area contributed by atoms with Crippen molar-refractivity contribution in [1.29, 1.82) is 0 Å². The van der Waals surface area contributed by atoms with E-state index in [0.29, 0.717) is 6.42 Å². The number of nitrogens with zero attached hydrogens (tertiary/aromatic N) is 2. The van der Waals surface area contributed by atoms with Gasteiger partial charge in [0, 0.05) is 19.0 Å². The number of carbonyl (C=O) groups is 1. The van der Waals surface area contributed by atoms with E-state index in [0.717, 1.165) is 0 Å². The van der Waals surface area contributed by atoms with Crippen LogP contribution in [0.5, 0.6) is 0 Å². The van der Waals surface area contributed by atoms with Crippen molar-refractivity contribution in [1.82, 2.24) is 4.90 Å². The molecule has 1 N–H and O–H groups in total. The number of oxime groups is 1. The molecule has 25 heavy (non-hydrogen) atoms. The van der Waals surface area contributed by atoms with E-state index < -0.39 is 21.4 Å². The van der Waals surface area contributed by atoms with Crippen molar-refractivity contribution in [2.24, 2.45) is 5.16 Å². The molecule has 0 radical (unpaired) electrons. The predicted octanol–water partition coefficient (Wildman–Crippen LogP) is 2.07. The van der Waals surface area contributed by atoms with E-state index in [2.05, 4.69) is 9.99 Å². The van der Waals surface area contributed by atoms with Gasteiger partial charge in [-0.3, -0.25) is 9.52 Å². The summed E-state index contributed by atoms with van der Waals surface area (Å²) >= 11 is 0. The van der Waals surface area contributed by atoms with E-state index in [1.165, 1.54) is 41.0 Å². The average molecular weight is 379 g/mol. The monoisotopic (exact) mass is 379 g/mol. The van der Waals surface area contributed by atoms with E-state index in [-0.39, 0.29) is 29.5 Å². The number of hydrogen-bond donors (Lipinski definition) is 1. The van der Waals surface area contributed by atoms with Crippen LogP contribution in [0.1, 0.15) is 18.9 Å². The van der Waals surface area contributed by atoms with Gasteiger partial charge in [-0.05, 0) is 18.6 Å². The maximum Gasteiger partial charge on any atom is 0.516 e. The first-order valence-electron chi connectivity index (χ1n) is 7.15. The Kier molecular flexibility index (Phi) is 5.26. The number of carbonyl (C=O) groups excluding carboxylic acids is 1. The number of nitrogens with one attached hydrogen (secondary N) is 1. The second-order valence-electron chi connectivity index (χ2n) is 5.42. The molecule has 1 amide bonds. The molecule has 138 valence electrons. The number of para-hydroxylation sites is 1. The summed E-state index contributed by atoms with van der Waals surface area (Å²) in [6.45, 7) is 1.68. The Morgan fingerprint density at radius 1 is 1.36 bits per heavy atom. The number of alkyl halides is 3. The van der Waals surface area contributed by atoms with E-state index >= 15 is 0 Å². The van der Waals surface area contributed by atoms with Crippen LogP contribution in [-0.4, -0.2) is 43.6 Å². The Labute approximate surface area is 142 Å². The third-order valence-corrected chi connectivity index (χ3v) is 4.74. The van der Waals surface area contributed by atoms with Gasteiger partial charge in [-0.1, -0.05) is 23.4 Å². The molecule has 1 aliphatic rings. The van der Waals surface area contributed by atoms with Crippen LogP contribution < -0.4 is 4.72 Å². The molecule has 0 bridgehead atoms. The van der Waals surface area contributed by atoms with Crippen LogP contribution in [0.3, 0.4) is 0 Å². The summed E-state index contributed by atoms with van der Waals surface area (Å²) in [6.07, 6.45) is 0.323. The van der Waals surface area contributed by atoms with Gasteiger partial charge in [0.1, 0.15) is 12.8 Å². The van der Waals surface area contributed by atoms with Crippen LogP contribution in [0.25, 0.3) is 0 Å². The van der Waals surface area contributed by atoms with E-state index in [1.54, 1.807) is 6.92 Å². The molecule has 2 rings (SSSR count). The molecule has 0 spiro atoms. The highest BCUT2D eigenvalue weighted by atomic mass is 32.2. The molecular weight excluding hydrogens is 363 g/mol. The van der Waals surface area contributed by atoms with Gasteiger partial charge in [0.15, 0.2) is 0 Å². The van der Waals surface area contributed by atoms with Crippen LogP contribution in [-0.2, 0) is 26.2 Å². The molecule has 1 aromatic carbocycles. The second kappa shape index (κ2) is 6.90. The minimum absolute atomic E-state index is 0.0702. The van der Waals surface area contributed by atoms with Crippen molar-refractivity contribution in [3.8, 4) is 0 Å². The second-order valence-corrected chi connectivity index (χ2v) is 7.09. The number of rotatable bonds is 5. The van der Waals surface area contributed by atoms with Gasteiger partial charge < -0.3 is 9.74 Å². The largest absolute Gasteiger partial charge is 0.516 e. The summed E-state index contributed by atoms with van der Waals surface area (Å²) in [4.78, 5) is 18.2. The summed E-state index contributed by atoms with van der Waals surface area (Å²) in [6, 6.07) is 5.32. The summed E-state index contributed by atoms with van der Waals surface area (Å²) in [5.41, 5.74) is -5.25. The van der Waals surface area contributed by atoms with Gasteiger partial charge in [0.25, 0.3) is 5.91 Å². The van der Waals surface area contributed by atoms with Crippen molar-refractivity contribution in [3.05, 3.63) is 29.8 Å². The minimum Gasteiger partial charge on any atom is -0.399 e. The van der Waals surface area contributed by atoms with Gasteiger partial charge >= 0.3 is 15.5 Å². The molecule has 0 aromatic heterocycles. The lowest BCUT2D eigenvalue weighted by molar-refractivity contribution is -0.124. The smallest absolute Gasteiger partial charge is 0.399 e. The number of hydrogen-bond acceptors (Lipinski definition) is 5. The molecule has 1 saturated heterocycles. The fourth-order valence-electron chi connectivity index (χ4n) is 2.40. The van der Waals surface area contributed by atoms with Crippen molar-refractivity contribution >= 4 is 27.3 Å². The van der Waals surface area contributed by atoms with Crippen LogP contribution in [0.2, 0.25) is 0 Å². The van der Waals surface area contributed by atoms with E-state index in [4.69, 9.17) is 0 Å². The summed E-state index contributed by atoms with van der Waals surface area (Å²) < 4.78 is 61.9. The molecule has 1 unspecified atom stereocenters. The molecular formula is C14H16F3N3O4S. The van der Waals surface area contributed by atoms with Crippen LogP contribution in [0, 0.1) is 0 Å². The summed E-state index contributed by atoms with van der Waals surface area (Å²) in [5.74, 6) is -0.414. The number of likely N-dealkylation sites (tertiary alicyclic amines) is 1. The molecule has 1 aliphatic heterocycles. The van der Waals surface area contributed by atoms with Gasteiger partial charge in [0.2, 0.25) is 0 Å². The van der Waals surface area contributed by atoms with Crippen molar-refractivity contribution in [2.45, 2.75) is 31.4 Å². The van der Waals surface area contributed by atoms with Crippen LogP contribution >= 0.6 is 0 Å². The van der Waals surface area contributed by atoms with Crippen molar-refractivity contribution < 1.29 is 31.2 Å². The fourth-order valence-corrected chi connectivity index (χ4v) is 3.01. The first kappa shape index (κ1) is 19.0. The Bertz CT molecular complexity index is 793. The van der Waals surface area contributed by atoms with Gasteiger partial charge in [-0.2, -0.15) is 21.6 Å². The van der Waals surface area contributed by atoms with Crippen LogP contribution in [0.15, 0.2) is 29.4 Å². The molecule has 11 heteroatoms. The Morgan fingerprint density at radius 2 is 2.00 bits per heavy atom. The van der Waals surface area contributed by atoms with E-state index in [1.807, 2.05) is 0 Å². The van der Waals surface area contributed by atoms with Gasteiger partial charge in [0.05, 0.1) is 5.69 Å². The van der Waals surface area contributed by atoms with Crippen LogP contribution in [0.4, 0.5) is 18.9 Å². The minimum atomic E-state index is -5.55. The highest BCUT2D eigenvalue weighted by Crippen LogP contribution is 2.29. The maximum absolute atomic E-state index is 12.6. The zero-order valence-electron chi connectivity index (χ0n) is 13.4. The molecule has 7 nitrogen and oxygen atoms in total. The zero-order valence-corrected chi connectivity index (χ0v) is 14.2. The van der Waals surface area contributed by atoms with Crippen molar-refractivity contribution in [3.63, 3.8) is 0 Å². The number of benzene rings is 1. The molecule has 1 heterocycles. The highest BCUT2D eigenvalue weighted by molar-refractivity contribution is 7.93. The van der Waals surface area contributed by atoms with E-state index in [9.17, 15) is 26.4 Å². The van der Waals surface area contributed by atoms with Crippen molar-refractivity contribution in [2.75, 3.05) is 11.8 Å². The topological polar surface area (TPSA) is 88.1 Å². The average Bonchev–Trinajstić information content (AvgIpc) is 2.76. The number of anilines is 1. The number of halogens is 3. The lowest BCUT2D eigenvalue weighted by Gasteiger charge is -2.22. The zero-order chi connectivity index (χ0) is 18.8. The predicted molar refractivity (Wildman–Crippen MR) is 84.1 cm³/mol. The first-order valence-corrected chi connectivity index (χ1v) is 8.63. The highest BCUT2D eigenvalue weighted by Gasteiger charge is 2.46. The lowest BCUT2D eigenvalue weighted by Crippen LogP contribution is -2.33. The first-order chi connectivity index (χ1) is 11.6. The number of sulfonamides is 1. The third-order valence-electron chi connectivity index (χ3n) is 3.64. The molecule has 0 aliphatic carbocycles. The Hall–Kier alpha value is -2.30.